The third-order valence-corrected chi connectivity index (χ3v) is 5.98. The molecule has 0 aliphatic carbocycles. The van der Waals surface area contributed by atoms with Gasteiger partial charge in [0.05, 0.1) is 9.47 Å². The molecule has 6 nitrogen and oxygen atoms in total. The van der Waals surface area contributed by atoms with Crippen molar-refractivity contribution in [1.82, 2.24) is 0 Å². The fraction of sp³-hybridized carbons (Fsp3) is 0.154. The van der Waals surface area contributed by atoms with E-state index in [0.29, 0.717) is 11.4 Å². The van der Waals surface area contributed by atoms with Crippen LogP contribution in [0.3, 0.4) is 0 Å². The van der Waals surface area contributed by atoms with Gasteiger partial charge < -0.3 is 10.1 Å². The molecule has 0 saturated carbocycles. The Morgan fingerprint density at radius 2 is 2.00 bits per heavy atom. The van der Waals surface area contributed by atoms with Crippen molar-refractivity contribution in [2.75, 3.05) is 23.8 Å². The van der Waals surface area contributed by atoms with E-state index in [4.69, 9.17) is 4.74 Å². The van der Waals surface area contributed by atoms with Crippen molar-refractivity contribution in [2.45, 2.75) is 4.21 Å². The average Bonchev–Trinajstić information content (AvgIpc) is 2.86. The Kier molecular flexibility index (Phi) is 5.57. The van der Waals surface area contributed by atoms with E-state index >= 15 is 0 Å². The zero-order chi connectivity index (χ0) is 16.2. The van der Waals surface area contributed by atoms with Gasteiger partial charge in [0, 0.05) is 12.8 Å². The molecule has 2 aromatic rings. The van der Waals surface area contributed by atoms with Gasteiger partial charge in [0.1, 0.15) is 10.8 Å². The molecule has 1 aromatic carbocycles. The minimum atomic E-state index is -3.65. The van der Waals surface area contributed by atoms with Crippen molar-refractivity contribution in [2.24, 2.45) is 0 Å². The highest BCUT2D eigenvalue weighted by molar-refractivity contribution is 9.11. The maximum atomic E-state index is 12.2. The number of halogens is 1. The Hall–Kier alpha value is -1.42. The number of rotatable bonds is 6. The van der Waals surface area contributed by atoms with Gasteiger partial charge in [-0.3, -0.25) is 9.52 Å². The normalized spacial score (nSPS) is 11.2. The molecule has 22 heavy (non-hydrogen) atoms. The van der Waals surface area contributed by atoms with Gasteiger partial charge >= 0.3 is 0 Å². The Morgan fingerprint density at radius 3 is 2.64 bits per heavy atom. The van der Waals surface area contributed by atoms with E-state index in [2.05, 4.69) is 26.0 Å². The first-order chi connectivity index (χ1) is 10.4. The Bertz CT molecular complexity index is 774. The predicted octanol–water partition coefficient (Wildman–Crippen LogP) is 2.90. The van der Waals surface area contributed by atoms with Crippen LogP contribution in [0.1, 0.15) is 0 Å². The molecule has 0 bridgehead atoms. The monoisotopic (exact) mass is 404 g/mol. The van der Waals surface area contributed by atoms with Crippen molar-refractivity contribution >= 4 is 54.6 Å². The average molecular weight is 405 g/mol. The SMILES string of the molecule is COCC(=O)Nc1cccc(NS(=O)(=O)c2ccc(Br)s2)c1. The lowest BCUT2D eigenvalue weighted by Crippen LogP contribution is -2.17. The molecule has 118 valence electrons. The second-order valence-corrected chi connectivity index (χ2v) is 8.60. The summed E-state index contributed by atoms with van der Waals surface area (Å²) in [4.78, 5) is 11.5. The van der Waals surface area contributed by atoms with Crippen molar-refractivity contribution < 1.29 is 17.9 Å². The zero-order valence-electron chi connectivity index (χ0n) is 11.5. The molecule has 1 heterocycles. The summed E-state index contributed by atoms with van der Waals surface area (Å²) in [6, 6.07) is 9.62. The number of hydrogen-bond donors (Lipinski definition) is 2. The van der Waals surface area contributed by atoms with Crippen molar-refractivity contribution in [1.29, 1.82) is 0 Å². The highest BCUT2D eigenvalue weighted by Gasteiger charge is 2.16. The number of amides is 1. The van der Waals surface area contributed by atoms with Crippen LogP contribution in [0, 0.1) is 0 Å². The van der Waals surface area contributed by atoms with E-state index in [1.807, 2.05) is 0 Å². The third-order valence-electron chi connectivity index (χ3n) is 2.49. The van der Waals surface area contributed by atoms with Crippen LogP contribution < -0.4 is 10.0 Å². The molecule has 0 radical (unpaired) electrons. The van der Waals surface area contributed by atoms with Gasteiger partial charge in [-0.15, -0.1) is 11.3 Å². The molecule has 1 amide bonds. The summed E-state index contributed by atoms with van der Waals surface area (Å²) in [7, 11) is -2.23. The lowest BCUT2D eigenvalue weighted by molar-refractivity contribution is -0.119. The van der Waals surface area contributed by atoms with E-state index in [1.54, 1.807) is 24.3 Å². The first-order valence-electron chi connectivity index (χ1n) is 6.08. The standard InChI is InChI=1S/C13H13BrN2O4S2/c1-20-8-12(17)15-9-3-2-4-10(7-9)16-22(18,19)13-6-5-11(14)21-13/h2-7,16H,8H2,1H3,(H,15,17). The lowest BCUT2D eigenvalue weighted by Gasteiger charge is -2.09. The van der Waals surface area contributed by atoms with Gasteiger partial charge in [-0.05, 0) is 46.3 Å². The molecule has 0 fully saturated rings. The summed E-state index contributed by atoms with van der Waals surface area (Å²) in [5.74, 6) is -0.315. The first kappa shape index (κ1) is 16.9. The fourth-order valence-corrected chi connectivity index (χ4v) is 4.70. The van der Waals surface area contributed by atoms with Crippen LogP contribution in [0.2, 0.25) is 0 Å². The number of sulfonamides is 1. The molecular formula is C13H13BrN2O4S2. The second-order valence-electron chi connectivity index (χ2n) is 4.23. The van der Waals surface area contributed by atoms with Crippen LogP contribution >= 0.6 is 27.3 Å². The molecule has 0 aliphatic heterocycles. The number of benzene rings is 1. The molecule has 0 saturated heterocycles. The minimum absolute atomic E-state index is 0.0703. The van der Waals surface area contributed by atoms with Crippen LogP contribution in [0.4, 0.5) is 11.4 Å². The van der Waals surface area contributed by atoms with Gasteiger partial charge in [-0.25, -0.2) is 8.42 Å². The summed E-state index contributed by atoms with van der Waals surface area (Å²) in [6.45, 7) is -0.0703. The number of methoxy groups -OCH3 is 1. The van der Waals surface area contributed by atoms with Crippen molar-refractivity contribution in [3.63, 3.8) is 0 Å². The summed E-state index contributed by atoms with van der Waals surface area (Å²) >= 11 is 4.35. The Balaban J connectivity index is 2.15. The van der Waals surface area contributed by atoms with E-state index in [1.165, 1.54) is 19.2 Å². The minimum Gasteiger partial charge on any atom is -0.375 e. The summed E-state index contributed by atoms with van der Waals surface area (Å²) in [6.07, 6.45) is 0. The number of anilines is 2. The van der Waals surface area contributed by atoms with E-state index < -0.39 is 10.0 Å². The molecular weight excluding hydrogens is 392 g/mol. The molecule has 0 unspecified atom stereocenters. The maximum absolute atomic E-state index is 12.2. The van der Waals surface area contributed by atoms with Crippen LogP contribution in [0.5, 0.6) is 0 Å². The smallest absolute Gasteiger partial charge is 0.271 e. The van der Waals surface area contributed by atoms with Crippen LogP contribution in [0.25, 0.3) is 0 Å². The van der Waals surface area contributed by atoms with E-state index in [0.717, 1.165) is 15.1 Å². The summed E-state index contributed by atoms with van der Waals surface area (Å²) < 4.78 is 32.6. The van der Waals surface area contributed by atoms with E-state index in [-0.39, 0.29) is 16.7 Å². The fourth-order valence-electron chi connectivity index (χ4n) is 1.64. The third kappa shape index (κ3) is 4.54. The number of nitrogens with one attached hydrogen (secondary N) is 2. The Morgan fingerprint density at radius 1 is 1.27 bits per heavy atom. The predicted molar refractivity (Wildman–Crippen MR) is 89.8 cm³/mol. The first-order valence-corrected chi connectivity index (χ1v) is 9.17. The molecule has 2 N–H and O–H groups in total. The van der Waals surface area contributed by atoms with Crippen LogP contribution in [-0.2, 0) is 19.6 Å². The Labute approximate surface area is 140 Å². The van der Waals surface area contributed by atoms with Crippen molar-refractivity contribution in [3.05, 3.63) is 40.2 Å². The number of thiophene rings is 1. The molecule has 0 aliphatic rings. The van der Waals surface area contributed by atoms with Gasteiger partial charge in [0.2, 0.25) is 5.91 Å². The van der Waals surface area contributed by atoms with E-state index in [9.17, 15) is 13.2 Å². The number of hydrogen-bond acceptors (Lipinski definition) is 5. The lowest BCUT2D eigenvalue weighted by atomic mass is 10.3. The van der Waals surface area contributed by atoms with Crippen molar-refractivity contribution in [3.8, 4) is 0 Å². The highest BCUT2D eigenvalue weighted by Crippen LogP contribution is 2.28. The molecule has 9 heteroatoms. The molecule has 0 atom stereocenters. The highest BCUT2D eigenvalue weighted by atomic mass is 79.9. The number of carbonyl (C=O) groups excluding carboxylic acids is 1. The van der Waals surface area contributed by atoms with Crippen LogP contribution in [-0.4, -0.2) is 28.0 Å². The van der Waals surface area contributed by atoms with Gasteiger partial charge in [0.15, 0.2) is 0 Å². The summed E-state index contributed by atoms with van der Waals surface area (Å²) in [5.41, 5.74) is 0.842. The maximum Gasteiger partial charge on any atom is 0.271 e. The van der Waals surface area contributed by atoms with Crippen LogP contribution in [0.15, 0.2) is 44.4 Å². The molecule has 1 aromatic heterocycles. The zero-order valence-corrected chi connectivity index (χ0v) is 14.7. The largest absolute Gasteiger partial charge is 0.375 e. The number of carbonyl (C=O) groups is 1. The van der Waals surface area contributed by atoms with Gasteiger partial charge in [-0.2, -0.15) is 0 Å². The quantitative estimate of drug-likeness (QED) is 0.774. The second kappa shape index (κ2) is 7.23. The molecule has 2 rings (SSSR count). The summed E-state index contributed by atoms with van der Waals surface area (Å²) in [5, 5.41) is 2.61. The number of ether oxygens (including phenoxy) is 1. The van der Waals surface area contributed by atoms with Gasteiger partial charge in [-0.1, -0.05) is 6.07 Å². The van der Waals surface area contributed by atoms with Gasteiger partial charge in [0.25, 0.3) is 10.0 Å². The topological polar surface area (TPSA) is 84.5 Å². The molecule has 0 spiro atoms.